The molecule has 2 amide bonds. The van der Waals surface area contributed by atoms with Gasteiger partial charge in [0, 0.05) is 18.7 Å². The summed E-state index contributed by atoms with van der Waals surface area (Å²) < 4.78 is 40.0. The van der Waals surface area contributed by atoms with E-state index in [1.165, 1.54) is 37.3 Å². The molecule has 3 rings (SSSR count). The topological polar surface area (TPSA) is 105 Å². The van der Waals surface area contributed by atoms with Crippen molar-refractivity contribution in [2.75, 3.05) is 31.6 Å². The first-order valence-corrected chi connectivity index (χ1v) is 15.9. The highest BCUT2D eigenvalue weighted by Gasteiger charge is 2.34. The predicted molar refractivity (Wildman–Crippen MR) is 169 cm³/mol. The van der Waals surface area contributed by atoms with Crippen LogP contribution in [-0.2, 0) is 26.0 Å². The summed E-state index contributed by atoms with van der Waals surface area (Å²) in [5.74, 6) is -0.0239. The van der Waals surface area contributed by atoms with Crippen LogP contribution in [0.4, 0.5) is 5.69 Å². The van der Waals surface area contributed by atoms with Gasteiger partial charge in [-0.1, -0.05) is 61.9 Å². The maximum atomic E-state index is 14.2. The van der Waals surface area contributed by atoms with E-state index in [1.807, 2.05) is 58.0 Å². The van der Waals surface area contributed by atoms with Gasteiger partial charge in [-0.3, -0.25) is 13.9 Å². The Balaban J connectivity index is 2.07. The molecule has 1 N–H and O–H groups in total. The Kier molecular flexibility index (Phi) is 12.0. The summed E-state index contributed by atoms with van der Waals surface area (Å²) in [5, 5.41) is 2.99. The number of nitrogens with zero attached hydrogens (tertiary/aromatic N) is 2. The van der Waals surface area contributed by atoms with Gasteiger partial charge in [0.2, 0.25) is 11.8 Å². The molecule has 0 aliphatic heterocycles. The van der Waals surface area contributed by atoms with Gasteiger partial charge in [-0.05, 0) is 62.9 Å². The molecular weight excluding hydrogens is 566 g/mol. The number of anilines is 1. The molecule has 0 aromatic heterocycles. The molecule has 232 valence electrons. The van der Waals surface area contributed by atoms with Crippen LogP contribution in [0, 0.1) is 6.92 Å². The van der Waals surface area contributed by atoms with Crippen LogP contribution in [-0.4, -0.2) is 64.5 Å². The third-order valence-electron chi connectivity index (χ3n) is 7.41. The van der Waals surface area contributed by atoms with Gasteiger partial charge in [-0.2, -0.15) is 0 Å². The minimum Gasteiger partial charge on any atom is -0.493 e. The average molecular weight is 610 g/mol. The first kappa shape index (κ1) is 33.5. The molecule has 3 aromatic rings. The van der Waals surface area contributed by atoms with Crippen LogP contribution >= 0.6 is 0 Å². The first-order chi connectivity index (χ1) is 20.5. The first-order valence-electron chi connectivity index (χ1n) is 14.5. The van der Waals surface area contributed by atoms with E-state index >= 15 is 0 Å². The molecule has 0 aliphatic carbocycles. The number of methoxy groups -OCH3 is 2. The fourth-order valence-electron chi connectivity index (χ4n) is 4.68. The maximum absolute atomic E-state index is 14.2. The number of hydrogen-bond acceptors (Lipinski definition) is 6. The number of hydrogen-bond donors (Lipinski definition) is 1. The number of benzene rings is 3. The molecule has 0 saturated carbocycles. The van der Waals surface area contributed by atoms with E-state index in [4.69, 9.17) is 9.47 Å². The van der Waals surface area contributed by atoms with E-state index in [-0.39, 0.29) is 29.1 Å². The number of amides is 2. The minimum atomic E-state index is -4.20. The van der Waals surface area contributed by atoms with Gasteiger partial charge in [-0.25, -0.2) is 8.42 Å². The second-order valence-electron chi connectivity index (χ2n) is 10.4. The summed E-state index contributed by atoms with van der Waals surface area (Å²) in [4.78, 5) is 29.1. The molecular formula is C33H43N3O6S. The smallest absolute Gasteiger partial charge is 0.264 e. The van der Waals surface area contributed by atoms with Crippen molar-refractivity contribution in [1.29, 1.82) is 0 Å². The van der Waals surface area contributed by atoms with Crippen molar-refractivity contribution >= 4 is 27.5 Å². The Labute approximate surface area is 255 Å². The number of carbonyl (C=O) groups is 2. The summed E-state index contributed by atoms with van der Waals surface area (Å²) in [7, 11) is -1.25. The average Bonchev–Trinajstić information content (AvgIpc) is 3.01. The van der Waals surface area contributed by atoms with Crippen LogP contribution in [0.1, 0.15) is 44.7 Å². The van der Waals surface area contributed by atoms with Crippen molar-refractivity contribution in [3.05, 3.63) is 83.9 Å². The molecule has 9 nitrogen and oxygen atoms in total. The van der Waals surface area contributed by atoms with E-state index in [0.29, 0.717) is 24.3 Å². The SMILES string of the molecule is CC[C@@H](C)NC(=O)[C@H](CC)N(CCc1ccccc1)C(=O)CN(c1ccc(OC)c(OC)c1)S(=O)(=O)c1ccc(C)cc1. The number of rotatable bonds is 15. The standard InChI is InChI=1S/C33H43N3O6S/c1-7-25(4)34-33(38)29(8-2)35(21-20-26-12-10-9-11-13-26)32(37)23-36(27-16-19-30(41-5)31(22-27)42-6)43(39,40)28-17-14-24(3)15-18-28/h9-19,22,25,29H,7-8,20-21,23H2,1-6H3,(H,34,38)/t25-,29+/m1/s1. The summed E-state index contributed by atoms with van der Waals surface area (Å²) in [6.07, 6.45) is 1.60. The third kappa shape index (κ3) is 8.50. The minimum absolute atomic E-state index is 0.0399. The zero-order valence-electron chi connectivity index (χ0n) is 25.9. The number of ether oxygens (including phenoxy) is 2. The van der Waals surface area contributed by atoms with Crippen LogP contribution in [0.15, 0.2) is 77.7 Å². The highest BCUT2D eigenvalue weighted by Crippen LogP contribution is 2.34. The van der Waals surface area contributed by atoms with Crippen LogP contribution in [0.5, 0.6) is 11.5 Å². The number of aryl methyl sites for hydroxylation is 1. The van der Waals surface area contributed by atoms with Gasteiger partial charge in [0.15, 0.2) is 11.5 Å². The van der Waals surface area contributed by atoms with Gasteiger partial charge in [0.05, 0.1) is 24.8 Å². The normalized spacial score (nSPS) is 12.6. The number of sulfonamides is 1. The van der Waals surface area contributed by atoms with Gasteiger partial charge >= 0.3 is 0 Å². The van der Waals surface area contributed by atoms with Crippen molar-refractivity contribution in [3.8, 4) is 11.5 Å². The molecule has 0 spiro atoms. The molecule has 0 radical (unpaired) electrons. The Hall–Kier alpha value is -4.05. The maximum Gasteiger partial charge on any atom is 0.264 e. The van der Waals surface area contributed by atoms with Crippen LogP contribution < -0.4 is 19.1 Å². The Morgan fingerprint density at radius 1 is 0.884 bits per heavy atom. The lowest BCUT2D eigenvalue weighted by Gasteiger charge is -2.33. The number of nitrogens with one attached hydrogen (secondary N) is 1. The van der Waals surface area contributed by atoms with Crippen LogP contribution in [0.2, 0.25) is 0 Å². The van der Waals surface area contributed by atoms with Crippen molar-refractivity contribution in [2.24, 2.45) is 0 Å². The van der Waals surface area contributed by atoms with Crippen LogP contribution in [0.25, 0.3) is 0 Å². The van der Waals surface area contributed by atoms with E-state index in [9.17, 15) is 18.0 Å². The van der Waals surface area contributed by atoms with Gasteiger partial charge in [0.1, 0.15) is 12.6 Å². The van der Waals surface area contributed by atoms with E-state index in [1.54, 1.807) is 24.3 Å². The largest absolute Gasteiger partial charge is 0.493 e. The Morgan fingerprint density at radius 2 is 1.53 bits per heavy atom. The highest BCUT2D eigenvalue weighted by molar-refractivity contribution is 7.92. The van der Waals surface area contributed by atoms with Gasteiger partial charge in [0.25, 0.3) is 10.0 Å². The molecule has 2 atom stereocenters. The van der Waals surface area contributed by atoms with Crippen molar-refractivity contribution in [1.82, 2.24) is 10.2 Å². The molecule has 0 saturated heterocycles. The molecule has 0 fully saturated rings. The fourth-order valence-corrected chi connectivity index (χ4v) is 6.09. The van der Waals surface area contributed by atoms with E-state index in [2.05, 4.69) is 5.32 Å². The lowest BCUT2D eigenvalue weighted by molar-refractivity contribution is -0.139. The van der Waals surface area contributed by atoms with Crippen molar-refractivity contribution < 1.29 is 27.5 Å². The summed E-state index contributed by atoms with van der Waals surface area (Å²) in [6.45, 7) is 7.31. The predicted octanol–water partition coefficient (Wildman–Crippen LogP) is 4.97. The van der Waals surface area contributed by atoms with E-state index < -0.39 is 28.5 Å². The summed E-state index contributed by atoms with van der Waals surface area (Å²) >= 11 is 0. The molecule has 3 aromatic carbocycles. The van der Waals surface area contributed by atoms with Crippen molar-refractivity contribution in [3.63, 3.8) is 0 Å². The molecule has 0 aliphatic rings. The Morgan fingerprint density at radius 3 is 2.12 bits per heavy atom. The quantitative estimate of drug-likeness (QED) is 0.261. The monoisotopic (exact) mass is 609 g/mol. The van der Waals surface area contributed by atoms with Crippen molar-refractivity contribution in [2.45, 2.75) is 63.9 Å². The lowest BCUT2D eigenvalue weighted by Crippen LogP contribution is -2.54. The van der Waals surface area contributed by atoms with E-state index in [0.717, 1.165) is 21.9 Å². The zero-order chi connectivity index (χ0) is 31.6. The third-order valence-corrected chi connectivity index (χ3v) is 9.20. The molecule has 0 heterocycles. The summed E-state index contributed by atoms with van der Waals surface area (Å²) in [6, 6.07) is 20.0. The van der Waals surface area contributed by atoms with Gasteiger partial charge < -0.3 is 19.7 Å². The fraction of sp³-hybridized carbons (Fsp3) is 0.394. The second kappa shape index (κ2) is 15.4. The highest BCUT2D eigenvalue weighted by atomic mass is 32.2. The zero-order valence-corrected chi connectivity index (χ0v) is 26.7. The number of carbonyl (C=O) groups excluding carboxylic acids is 2. The molecule has 10 heteroatoms. The summed E-state index contributed by atoms with van der Waals surface area (Å²) in [5.41, 5.74) is 2.13. The Bertz CT molecular complexity index is 1460. The molecule has 43 heavy (non-hydrogen) atoms. The van der Waals surface area contributed by atoms with Gasteiger partial charge in [-0.15, -0.1) is 0 Å². The molecule has 0 unspecified atom stereocenters. The lowest BCUT2D eigenvalue weighted by atomic mass is 10.1. The second-order valence-corrected chi connectivity index (χ2v) is 12.3. The molecule has 0 bridgehead atoms. The van der Waals surface area contributed by atoms with Crippen LogP contribution in [0.3, 0.4) is 0 Å².